The Bertz CT molecular complexity index is 825. The third-order valence-electron chi connectivity index (χ3n) is 4.93. The van der Waals surface area contributed by atoms with Crippen LogP contribution in [0.5, 0.6) is 0 Å². The lowest BCUT2D eigenvalue weighted by Gasteiger charge is -2.33. The van der Waals surface area contributed by atoms with Crippen LogP contribution in [0.1, 0.15) is 25.3 Å². The van der Waals surface area contributed by atoms with Crippen molar-refractivity contribution in [3.63, 3.8) is 0 Å². The topological polar surface area (TPSA) is 26.0 Å². The lowest BCUT2D eigenvalue weighted by Crippen LogP contribution is -2.42. The van der Waals surface area contributed by atoms with Crippen molar-refractivity contribution in [3.8, 4) is 11.4 Å². The van der Waals surface area contributed by atoms with Crippen LogP contribution >= 0.6 is 12.2 Å². The second-order valence-electron chi connectivity index (χ2n) is 6.76. The quantitative estimate of drug-likeness (QED) is 0.718. The van der Waals surface area contributed by atoms with Gasteiger partial charge in [-0.1, -0.05) is 24.3 Å². The van der Waals surface area contributed by atoms with Crippen molar-refractivity contribution in [2.24, 2.45) is 5.92 Å². The molecule has 0 bridgehead atoms. The summed E-state index contributed by atoms with van der Waals surface area (Å²) in [5.41, 5.74) is 2.08. The Labute approximate surface area is 156 Å². The van der Waals surface area contributed by atoms with Gasteiger partial charge in [-0.25, -0.2) is 4.68 Å². The van der Waals surface area contributed by atoms with Crippen molar-refractivity contribution >= 4 is 12.2 Å². The van der Waals surface area contributed by atoms with Crippen molar-refractivity contribution in [1.29, 1.82) is 0 Å². The summed E-state index contributed by atoms with van der Waals surface area (Å²) in [5, 5.41) is 4.65. The fourth-order valence-corrected chi connectivity index (χ4v) is 3.80. The number of hydrogen-bond donors (Lipinski definition) is 0. The van der Waals surface area contributed by atoms with E-state index in [9.17, 15) is 13.2 Å². The molecule has 3 rings (SSSR count). The van der Waals surface area contributed by atoms with Crippen molar-refractivity contribution < 1.29 is 13.2 Å². The number of halogens is 3. The van der Waals surface area contributed by atoms with Gasteiger partial charge in [0.05, 0.1) is 12.6 Å². The number of aromatic nitrogens is 3. The van der Waals surface area contributed by atoms with Gasteiger partial charge in [-0.05, 0) is 51.0 Å². The Morgan fingerprint density at radius 2 is 2.00 bits per heavy atom. The first-order valence-corrected chi connectivity index (χ1v) is 9.24. The molecule has 0 aliphatic carbocycles. The molecule has 2 heterocycles. The van der Waals surface area contributed by atoms with Crippen LogP contribution in [0, 0.1) is 17.6 Å². The van der Waals surface area contributed by atoms with E-state index in [4.69, 9.17) is 12.2 Å². The van der Waals surface area contributed by atoms with Gasteiger partial charge in [0.25, 0.3) is 0 Å². The number of nitrogens with zero attached hydrogens (tertiary/aromatic N) is 4. The SMILES string of the molecule is CCn1c(-c2ccccc2C)nn(CN2CCC[C@H](C(F)(F)F)C2)c1=S. The van der Waals surface area contributed by atoms with E-state index in [1.165, 1.54) is 0 Å². The fraction of sp³-hybridized carbons (Fsp3) is 0.556. The summed E-state index contributed by atoms with van der Waals surface area (Å²) >= 11 is 5.54. The van der Waals surface area contributed by atoms with Crippen LogP contribution in [-0.2, 0) is 13.2 Å². The van der Waals surface area contributed by atoms with Gasteiger partial charge in [-0.2, -0.15) is 18.3 Å². The fourth-order valence-electron chi connectivity index (χ4n) is 3.48. The Kier molecular flexibility index (Phi) is 5.53. The van der Waals surface area contributed by atoms with Crippen LogP contribution < -0.4 is 0 Å². The minimum absolute atomic E-state index is 0.00393. The van der Waals surface area contributed by atoms with Crippen LogP contribution in [0.3, 0.4) is 0 Å². The highest BCUT2D eigenvalue weighted by Gasteiger charge is 2.41. The Hall–Kier alpha value is -1.67. The van der Waals surface area contributed by atoms with Gasteiger partial charge in [-0.15, -0.1) is 0 Å². The van der Waals surface area contributed by atoms with E-state index < -0.39 is 12.1 Å². The molecule has 4 nitrogen and oxygen atoms in total. The number of benzene rings is 1. The normalized spacial score (nSPS) is 19.0. The summed E-state index contributed by atoms with van der Waals surface area (Å²) in [6, 6.07) is 7.91. The molecular formula is C18H23F3N4S. The van der Waals surface area contributed by atoms with E-state index in [0.29, 0.717) is 24.3 Å². The number of rotatable bonds is 4. The molecule has 2 aromatic rings. The van der Waals surface area contributed by atoms with Gasteiger partial charge < -0.3 is 4.57 Å². The maximum absolute atomic E-state index is 13.0. The molecular weight excluding hydrogens is 361 g/mol. The molecule has 0 radical (unpaired) electrons. The second-order valence-corrected chi connectivity index (χ2v) is 7.13. The standard InChI is InChI=1S/C18H23F3N4S/c1-3-24-16(15-9-5-4-7-13(15)2)22-25(17(24)26)12-23-10-6-8-14(11-23)18(19,20)21/h4-5,7,9,14H,3,6,8,10-12H2,1-2H3/t14-/m0/s1. The predicted octanol–water partition coefficient (Wildman–Crippen LogP) is 4.64. The smallest absolute Gasteiger partial charge is 0.300 e. The molecule has 1 saturated heterocycles. The molecule has 1 fully saturated rings. The summed E-state index contributed by atoms with van der Waals surface area (Å²) in [5.74, 6) is -0.505. The Morgan fingerprint density at radius 3 is 2.65 bits per heavy atom. The molecule has 1 atom stereocenters. The molecule has 0 unspecified atom stereocenters. The summed E-state index contributed by atoms with van der Waals surface area (Å²) in [4.78, 5) is 1.80. The van der Waals surface area contributed by atoms with Gasteiger partial charge in [0.1, 0.15) is 0 Å². The summed E-state index contributed by atoms with van der Waals surface area (Å²) < 4.78 is 43.3. The number of piperidine rings is 1. The van der Waals surface area contributed by atoms with E-state index in [0.717, 1.165) is 17.0 Å². The highest BCUT2D eigenvalue weighted by atomic mass is 32.1. The summed E-state index contributed by atoms with van der Waals surface area (Å²) in [6.07, 6.45) is -3.41. The minimum Gasteiger partial charge on any atom is -0.300 e. The van der Waals surface area contributed by atoms with E-state index >= 15 is 0 Å². The first kappa shape index (κ1) is 19.1. The van der Waals surface area contributed by atoms with E-state index in [1.807, 2.05) is 42.7 Å². The van der Waals surface area contributed by atoms with Crippen molar-refractivity contribution in [2.45, 2.75) is 46.1 Å². The van der Waals surface area contributed by atoms with Gasteiger partial charge in [0, 0.05) is 18.7 Å². The van der Waals surface area contributed by atoms with E-state index in [1.54, 1.807) is 9.58 Å². The summed E-state index contributed by atoms with van der Waals surface area (Å²) in [7, 11) is 0. The van der Waals surface area contributed by atoms with Crippen molar-refractivity contribution in [3.05, 3.63) is 34.6 Å². The third kappa shape index (κ3) is 3.86. The molecule has 0 amide bonds. The van der Waals surface area contributed by atoms with Crippen LogP contribution in [0.25, 0.3) is 11.4 Å². The van der Waals surface area contributed by atoms with Gasteiger partial charge in [0.15, 0.2) is 10.6 Å². The zero-order chi connectivity index (χ0) is 18.9. The van der Waals surface area contributed by atoms with Crippen LogP contribution in [0.2, 0.25) is 0 Å². The molecule has 0 N–H and O–H groups in total. The van der Waals surface area contributed by atoms with Crippen LogP contribution in [0.4, 0.5) is 13.2 Å². The molecule has 26 heavy (non-hydrogen) atoms. The van der Waals surface area contributed by atoms with Gasteiger partial charge in [-0.3, -0.25) is 4.90 Å². The Morgan fingerprint density at radius 1 is 1.27 bits per heavy atom. The first-order chi connectivity index (χ1) is 12.3. The summed E-state index contributed by atoms with van der Waals surface area (Å²) in [6.45, 7) is 5.59. The average Bonchev–Trinajstić information content (AvgIpc) is 2.90. The van der Waals surface area contributed by atoms with E-state index in [2.05, 4.69) is 5.10 Å². The largest absolute Gasteiger partial charge is 0.393 e. The molecule has 1 aliphatic rings. The molecule has 1 aromatic carbocycles. The molecule has 1 aromatic heterocycles. The maximum atomic E-state index is 13.0. The van der Waals surface area contributed by atoms with Gasteiger partial charge >= 0.3 is 6.18 Å². The molecule has 0 spiro atoms. The predicted molar refractivity (Wildman–Crippen MR) is 97.3 cm³/mol. The zero-order valence-corrected chi connectivity index (χ0v) is 15.8. The highest BCUT2D eigenvalue weighted by molar-refractivity contribution is 7.71. The van der Waals surface area contributed by atoms with E-state index in [-0.39, 0.29) is 19.6 Å². The second kappa shape index (κ2) is 7.52. The Balaban J connectivity index is 1.88. The molecule has 0 saturated carbocycles. The number of likely N-dealkylation sites (tertiary alicyclic amines) is 1. The van der Waals surface area contributed by atoms with Crippen LogP contribution in [0.15, 0.2) is 24.3 Å². The number of hydrogen-bond acceptors (Lipinski definition) is 3. The molecule has 8 heteroatoms. The number of alkyl halides is 3. The van der Waals surface area contributed by atoms with Crippen molar-refractivity contribution in [2.75, 3.05) is 13.1 Å². The first-order valence-electron chi connectivity index (χ1n) is 8.84. The van der Waals surface area contributed by atoms with Crippen molar-refractivity contribution in [1.82, 2.24) is 19.2 Å². The highest BCUT2D eigenvalue weighted by Crippen LogP contribution is 2.33. The molecule has 142 valence electrons. The third-order valence-corrected chi connectivity index (χ3v) is 5.36. The lowest BCUT2D eigenvalue weighted by molar-refractivity contribution is -0.188. The maximum Gasteiger partial charge on any atom is 0.393 e. The molecule has 1 aliphatic heterocycles. The van der Waals surface area contributed by atoms with Gasteiger partial charge in [0.2, 0.25) is 0 Å². The zero-order valence-electron chi connectivity index (χ0n) is 15.0. The lowest BCUT2D eigenvalue weighted by atomic mass is 9.98. The van der Waals surface area contributed by atoms with Crippen LogP contribution in [-0.4, -0.2) is 38.5 Å². The number of aryl methyl sites for hydroxylation is 1. The monoisotopic (exact) mass is 384 g/mol. The average molecular weight is 384 g/mol. The minimum atomic E-state index is -4.14.